The van der Waals surface area contributed by atoms with E-state index in [9.17, 15) is 4.79 Å². The molecule has 1 aliphatic rings. The van der Waals surface area contributed by atoms with E-state index in [2.05, 4.69) is 22.9 Å². The van der Waals surface area contributed by atoms with Gasteiger partial charge < -0.3 is 16.0 Å². The Labute approximate surface area is 108 Å². The van der Waals surface area contributed by atoms with Crippen molar-refractivity contribution in [3.63, 3.8) is 0 Å². The zero-order valence-corrected chi connectivity index (χ0v) is 11.0. The summed E-state index contributed by atoms with van der Waals surface area (Å²) in [5, 5.41) is 9.20. The monoisotopic (exact) mass is 247 g/mol. The molecule has 4 heteroatoms. The van der Waals surface area contributed by atoms with Crippen LogP contribution in [0.2, 0.25) is 0 Å². The number of urea groups is 1. The van der Waals surface area contributed by atoms with Crippen LogP contribution in [0, 0.1) is 12.8 Å². The number of piperidine rings is 1. The van der Waals surface area contributed by atoms with Crippen molar-refractivity contribution in [3.8, 4) is 0 Å². The van der Waals surface area contributed by atoms with Crippen LogP contribution in [0.3, 0.4) is 0 Å². The van der Waals surface area contributed by atoms with E-state index in [0.29, 0.717) is 5.92 Å². The van der Waals surface area contributed by atoms with Crippen LogP contribution in [0.1, 0.15) is 18.9 Å². The van der Waals surface area contributed by atoms with Gasteiger partial charge in [0.2, 0.25) is 0 Å². The molecule has 0 bridgehead atoms. The summed E-state index contributed by atoms with van der Waals surface area (Å²) in [6, 6.07) is 7.90. The maximum Gasteiger partial charge on any atom is 0.319 e. The van der Waals surface area contributed by atoms with Gasteiger partial charge in [0.25, 0.3) is 0 Å². The standard InChI is InChI=1S/C14H21N3O/c1-10-4-3-5-12(8-10)16-14(18)17-13-9-15-7-6-11(13)2/h3-5,8,11,13,15H,6-7,9H2,1-2H3,(H2,16,17,18). The summed E-state index contributed by atoms with van der Waals surface area (Å²) in [5.74, 6) is 0.523. The predicted molar refractivity (Wildman–Crippen MR) is 73.8 cm³/mol. The lowest BCUT2D eigenvalue weighted by molar-refractivity contribution is 0.236. The molecule has 0 spiro atoms. The molecule has 0 aliphatic carbocycles. The number of benzene rings is 1. The Balaban J connectivity index is 1.88. The number of aryl methyl sites for hydroxylation is 1. The van der Waals surface area contributed by atoms with Crippen molar-refractivity contribution in [1.29, 1.82) is 0 Å². The van der Waals surface area contributed by atoms with Gasteiger partial charge in [0, 0.05) is 18.3 Å². The molecule has 18 heavy (non-hydrogen) atoms. The van der Waals surface area contributed by atoms with Crippen LogP contribution in [0.5, 0.6) is 0 Å². The lowest BCUT2D eigenvalue weighted by Crippen LogP contribution is -2.51. The lowest BCUT2D eigenvalue weighted by atomic mass is 9.95. The molecule has 1 aliphatic heterocycles. The molecule has 1 fully saturated rings. The van der Waals surface area contributed by atoms with Gasteiger partial charge in [0.15, 0.2) is 0 Å². The number of anilines is 1. The SMILES string of the molecule is Cc1cccc(NC(=O)NC2CNCCC2C)c1. The molecular formula is C14H21N3O. The lowest BCUT2D eigenvalue weighted by Gasteiger charge is -2.30. The maximum absolute atomic E-state index is 11.9. The minimum absolute atomic E-state index is 0.124. The smallest absolute Gasteiger partial charge is 0.319 e. The summed E-state index contributed by atoms with van der Waals surface area (Å²) in [5.41, 5.74) is 1.98. The van der Waals surface area contributed by atoms with Crippen molar-refractivity contribution < 1.29 is 4.79 Å². The molecule has 0 radical (unpaired) electrons. The van der Waals surface area contributed by atoms with Crippen molar-refractivity contribution in [2.24, 2.45) is 5.92 Å². The highest BCUT2D eigenvalue weighted by molar-refractivity contribution is 5.89. The van der Waals surface area contributed by atoms with Gasteiger partial charge in [-0.2, -0.15) is 0 Å². The topological polar surface area (TPSA) is 53.2 Å². The molecule has 3 N–H and O–H groups in total. The second-order valence-corrected chi connectivity index (χ2v) is 5.04. The molecule has 1 aromatic rings. The van der Waals surface area contributed by atoms with Crippen molar-refractivity contribution >= 4 is 11.7 Å². The van der Waals surface area contributed by atoms with Crippen LogP contribution in [-0.2, 0) is 0 Å². The Hall–Kier alpha value is -1.55. The van der Waals surface area contributed by atoms with Gasteiger partial charge in [-0.15, -0.1) is 0 Å². The number of carbonyl (C=O) groups excluding carboxylic acids is 1. The van der Waals surface area contributed by atoms with Crippen molar-refractivity contribution in [2.45, 2.75) is 26.3 Å². The number of hydrogen-bond acceptors (Lipinski definition) is 2. The van der Waals surface area contributed by atoms with E-state index < -0.39 is 0 Å². The van der Waals surface area contributed by atoms with Crippen LogP contribution in [0.15, 0.2) is 24.3 Å². The van der Waals surface area contributed by atoms with Gasteiger partial charge in [-0.1, -0.05) is 19.1 Å². The van der Waals surface area contributed by atoms with Crippen molar-refractivity contribution in [3.05, 3.63) is 29.8 Å². The molecule has 2 atom stereocenters. The Morgan fingerprint density at radius 2 is 2.28 bits per heavy atom. The minimum Gasteiger partial charge on any atom is -0.334 e. The van der Waals surface area contributed by atoms with Crippen molar-refractivity contribution in [1.82, 2.24) is 10.6 Å². The van der Waals surface area contributed by atoms with Gasteiger partial charge in [-0.25, -0.2) is 4.79 Å². The predicted octanol–water partition coefficient (Wildman–Crippen LogP) is 2.11. The van der Waals surface area contributed by atoms with Gasteiger partial charge in [-0.05, 0) is 43.5 Å². The molecule has 2 unspecified atom stereocenters. The Kier molecular flexibility index (Phi) is 4.20. The molecule has 0 aromatic heterocycles. The fraction of sp³-hybridized carbons (Fsp3) is 0.500. The van der Waals surface area contributed by atoms with Gasteiger partial charge in [0.1, 0.15) is 0 Å². The molecule has 1 aromatic carbocycles. The van der Waals surface area contributed by atoms with E-state index in [4.69, 9.17) is 0 Å². The van der Waals surface area contributed by atoms with Crippen LogP contribution in [0.25, 0.3) is 0 Å². The fourth-order valence-electron chi connectivity index (χ4n) is 2.24. The number of rotatable bonds is 2. The summed E-state index contributed by atoms with van der Waals surface area (Å²) in [6.07, 6.45) is 1.11. The van der Waals surface area contributed by atoms with E-state index in [-0.39, 0.29) is 12.1 Å². The Morgan fingerprint density at radius 3 is 3.00 bits per heavy atom. The molecule has 0 saturated carbocycles. The fourth-order valence-corrected chi connectivity index (χ4v) is 2.24. The maximum atomic E-state index is 11.9. The van der Waals surface area contributed by atoms with Crippen LogP contribution < -0.4 is 16.0 Å². The molecule has 2 rings (SSSR count). The third kappa shape index (κ3) is 3.47. The van der Waals surface area contributed by atoms with Crippen molar-refractivity contribution in [2.75, 3.05) is 18.4 Å². The van der Waals surface area contributed by atoms with Gasteiger partial charge in [-0.3, -0.25) is 0 Å². The highest BCUT2D eigenvalue weighted by atomic mass is 16.2. The first-order valence-electron chi connectivity index (χ1n) is 6.50. The molecule has 4 nitrogen and oxygen atoms in total. The highest BCUT2D eigenvalue weighted by Gasteiger charge is 2.22. The van der Waals surface area contributed by atoms with Crippen LogP contribution >= 0.6 is 0 Å². The summed E-state index contributed by atoms with van der Waals surface area (Å²) in [4.78, 5) is 11.9. The number of carbonyl (C=O) groups is 1. The molecule has 1 saturated heterocycles. The van der Waals surface area contributed by atoms with Crippen LogP contribution in [-0.4, -0.2) is 25.2 Å². The number of amides is 2. The molecule has 2 amide bonds. The van der Waals surface area contributed by atoms with E-state index in [1.165, 1.54) is 0 Å². The third-order valence-corrected chi connectivity index (χ3v) is 3.42. The van der Waals surface area contributed by atoms with Crippen LogP contribution in [0.4, 0.5) is 10.5 Å². The Morgan fingerprint density at radius 1 is 1.44 bits per heavy atom. The first kappa shape index (κ1) is 12.9. The van der Waals surface area contributed by atoms with Gasteiger partial charge >= 0.3 is 6.03 Å². The highest BCUT2D eigenvalue weighted by Crippen LogP contribution is 2.12. The number of hydrogen-bond donors (Lipinski definition) is 3. The van der Waals surface area contributed by atoms with Gasteiger partial charge in [0.05, 0.1) is 0 Å². The third-order valence-electron chi connectivity index (χ3n) is 3.42. The van der Waals surface area contributed by atoms with E-state index >= 15 is 0 Å². The van der Waals surface area contributed by atoms with E-state index in [1.807, 2.05) is 31.2 Å². The van der Waals surface area contributed by atoms with E-state index in [0.717, 1.165) is 30.8 Å². The largest absolute Gasteiger partial charge is 0.334 e. The molecule has 98 valence electrons. The molecule has 1 heterocycles. The molecular weight excluding hydrogens is 226 g/mol. The summed E-state index contributed by atoms with van der Waals surface area (Å²) in [6.45, 7) is 6.08. The zero-order chi connectivity index (χ0) is 13.0. The summed E-state index contributed by atoms with van der Waals surface area (Å²) >= 11 is 0. The first-order valence-corrected chi connectivity index (χ1v) is 6.50. The normalized spacial score (nSPS) is 23.4. The minimum atomic E-state index is -0.124. The summed E-state index contributed by atoms with van der Waals surface area (Å²) in [7, 11) is 0. The average molecular weight is 247 g/mol. The summed E-state index contributed by atoms with van der Waals surface area (Å²) < 4.78 is 0. The Bertz CT molecular complexity index is 419. The first-order chi connectivity index (χ1) is 8.65. The zero-order valence-electron chi connectivity index (χ0n) is 11.0. The second kappa shape index (κ2) is 5.87. The quantitative estimate of drug-likeness (QED) is 0.749. The average Bonchev–Trinajstić information content (AvgIpc) is 2.32. The van der Waals surface area contributed by atoms with E-state index in [1.54, 1.807) is 0 Å². The second-order valence-electron chi connectivity index (χ2n) is 5.04. The number of nitrogens with one attached hydrogen (secondary N) is 3.